The van der Waals surface area contributed by atoms with Crippen molar-refractivity contribution in [1.29, 1.82) is 0 Å². The second-order valence-corrected chi connectivity index (χ2v) is 13.8. The lowest BCUT2D eigenvalue weighted by Gasteiger charge is -2.57. The average molecular weight is 705 g/mol. The molecule has 0 amide bonds. The number of anilines is 1. The number of rotatable bonds is 5. The molecule has 2 bridgehead atoms. The number of aliphatic hydroxyl groups is 4. The van der Waals surface area contributed by atoms with Crippen LogP contribution < -0.4 is 34.3 Å². The molecule has 0 radical (unpaired) electrons. The maximum absolute atomic E-state index is 12.5. The molecule has 0 saturated carbocycles. The van der Waals surface area contributed by atoms with Gasteiger partial charge in [0, 0.05) is 17.2 Å². The van der Waals surface area contributed by atoms with Crippen molar-refractivity contribution in [1.82, 2.24) is 5.32 Å². The second kappa shape index (κ2) is 10.6. The van der Waals surface area contributed by atoms with Gasteiger partial charge < -0.3 is 69.7 Å². The molecular weight excluding hydrogens is 668 g/mol. The summed E-state index contributed by atoms with van der Waals surface area (Å²) in [5.41, 5.74) is -0.223. The minimum atomic E-state index is -2.43. The molecule has 1 fully saturated rings. The van der Waals surface area contributed by atoms with Gasteiger partial charge in [0.2, 0.25) is 17.6 Å². The fraction of sp³-hybridized carbons (Fsp3) is 0.417. The number of phenolic OH excluding ortho intramolecular Hbond substituents is 1. The lowest BCUT2D eigenvalue weighted by molar-refractivity contribution is -0.356. The van der Waals surface area contributed by atoms with Crippen molar-refractivity contribution in [3.63, 3.8) is 0 Å². The first-order valence-corrected chi connectivity index (χ1v) is 16.6. The number of phenols is 1. The molecule has 10 unspecified atom stereocenters. The number of carboxylic acids is 1. The number of aliphatic hydroxyl groups excluding tert-OH is 4. The zero-order valence-electron chi connectivity index (χ0n) is 27.6. The first-order valence-electron chi connectivity index (χ1n) is 16.6. The van der Waals surface area contributed by atoms with E-state index in [1.165, 1.54) is 32.4 Å². The minimum Gasteiger partial charge on any atom is -0.508 e. The molecule has 15 nitrogen and oxygen atoms in total. The third-order valence-corrected chi connectivity index (χ3v) is 11.5. The minimum absolute atomic E-state index is 0.0121. The van der Waals surface area contributed by atoms with Crippen LogP contribution in [0.25, 0.3) is 11.1 Å². The Kier molecular flexibility index (Phi) is 6.70. The molecule has 1 aliphatic carbocycles. The summed E-state index contributed by atoms with van der Waals surface area (Å²) >= 11 is 0. The highest BCUT2D eigenvalue weighted by Gasteiger charge is 2.71. The number of hydrogen-bond acceptors (Lipinski definition) is 14. The summed E-state index contributed by atoms with van der Waals surface area (Å²) in [6.45, 7) is 0. The van der Waals surface area contributed by atoms with Crippen molar-refractivity contribution in [2.24, 2.45) is 0 Å². The predicted octanol–water partition coefficient (Wildman–Crippen LogP) is 1.59. The number of carboxylic acid groups (broad SMARTS) is 1. The summed E-state index contributed by atoms with van der Waals surface area (Å²) in [6.07, 6.45) is -4.65. The number of aliphatic carboxylic acids is 1. The molecule has 2 spiro atoms. The number of fused-ring (bicyclic) bond motifs is 5. The summed E-state index contributed by atoms with van der Waals surface area (Å²) in [6, 6.07) is 8.78. The lowest BCUT2D eigenvalue weighted by atomic mass is 9.63. The molecule has 15 heteroatoms. The Hall–Kier alpha value is -4.77. The topological polar surface area (TPSA) is 218 Å². The lowest BCUT2D eigenvalue weighted by Crippen LogP contribution is -2.79. The Bertz CT molecular complexity index is 2040. The van der Waals surface area contributed by atoms with Gasteiger partial charge in [0.25, 0.3) is 5.79 Å². The fourth-order valence-electron chi connectivity index (χ4n) is 9.03. The Labute approximate surface area is 290 Å². The molecule has 5 aliphatic heterocycles. The van der Waals surface area contributed by atoms with E-state index in [1.807, 2.05) is 13.1 Å². The van der Waals surface area contributed by atoms with Crippen LogP contribution in [0.5, 0.6) is 34.5 Å². The van der Waals surface area contributed by atoms with Gasteiger partial charge in [-0.25, -0.2) is 4.79 Å². The monoisotopic (exact) mass is 704 g/mol. The highest BCUT2D eigenvalue weighted by molar-refractivity contribution is 5.86. The van der Waals surface area contributed by atoms with Gasteiger partial charge in [-0.05, 0) is 66.9 Å². The zero-order chi connectivity index (χ0) is 35.8. The van der Waals surface area contributed by atoms with Crippen molar-refractivity contribution in [3.05, 3.63) is 65.2 Å². The second-order valence-electron chi connectivity index (χ2n) is 13.8. The summed E-state index contributed by atoms with van der Waals surface area (Å²) in [5.74, 6) is -2.47. The van der Waals surface area contributed by atoms with Gasteiger partial charge in [0.05, 0.1) is 14.2 Å². The van der Waals surface area contributed by atoms with Gasteiger partial charge in [-0.1, -0.05) is 18.2 Å². The molecule has 3 aromatic rings. The number of carbonyl (C=O) groups is 1. The highest BCUT2D eigenvalue weighted by Crippen LogP contribution is 2.69. The first-order chi connectivity index (χ1) is 24.4. The fourth-order valence-corrected chi connectivity index (χ4v) is 9.03. The van der Waals surface area contributed by atoms with Gasteiger partial charge in [-0.15, -0.1) is 0 Å². The van der Waals surface area contributed by atoms with Gasteiger partial charge >= 0.3 is 5.97 Å². The molecule has 10 atom stereocenters. The van der Waals surface area contributed by atoms with Crippen molar-refractivity contribution in [2.45, 2.75) is 72.4 Å². The van der Waals surface area contributed by atoms with Crippen LogP contribution in [0.15, 0.2) is 48.6 Å². The van der Waals surface area contributed by atoms with Gasteiger partial charge in [-0.3, -0.25) is 0 Å². The van der Waals surface area contributed by atoms with Gasteiger partial charge in [-0.2, -0.15) is 0 Å². The average Bonchev–Trinajstić information content (AvgIpc) is 3.49. The van der Waals surface area contributed by atoms with Crippen LogP contribution in [-0.2, 0) is 14.9 Å². The molecule has 5 heterocycles. The van der Waals surface area contributed by atoms with E-state index in [-0.39, 0.29) is 29.0 Å². The van der Waals surface area contributed by atoms with Gasteiger partial charge in [0.15, 0.2) is 29.1 Å². The number of aromatic hydroxyl groups is 1. The molecule has 6 aliphatic rings. The van der Waals surface area contributed by atoms with Crippen LogP contribution in [-0.4, -0.2) is 99.9 Å². The molecule has 1 saturated heterocycles. The number of nitrogens with one attached hydrogen (secondary N) is 2. The maximum atomic E-state index is 12.5. The number of ether oxygens (including phenoxy) is 6. The van der Waals surface area contributed by atoms with Crippen LogP contribution in [0.2, 0.25) is 0 Å². The van der Waals surface area contributed by atoms with Gasteiger partial charge in [0.1, 0.15) is 41.2 Å². The summed E-state index contributed by atoms with van der Waals surface area (Å²) < 4.78 is 37.4. The third-order valence-electron chi connectivity index (χ3n) is 11.5. The van der Waals surface area contributed by atoms with Crippen LogP contribution >= 0.6 is 0 Å². The normalized spacial score (nSPS) is 36.0. The molecule has 51 heavy (non-hydrogen) atoms. The van der Waals surface area contributed by atoms with E-state index in [4.69, 9.17) is 28.4 Å². The predicted molar refractivity (Wildman–Crippen MR) is 175 cm³/mol. The van der Waals surface area contributed by atoms with Crippen LogP contribution in [0, 0.1) is 0 Å². The Balaban J connectivity index is 1.29. The number of hydrogen-bond donors (Lipinski definition) is 8. The van der Waals surface area contributed by atoms with E-state index >= 15 is 0 Å². The van der Waals surface area contributed by atoms with E-state index in [2.05, 4.69) is 10.6 Å². The summed E-state index contributed by atoms with van der Waals surface area (Å²) in [7, 11) is 4.91. The Morgan fingerprint density at radius 2 is 1.84 bits per heavy atom. The molecule has 0 aromatic heterocycles. The smallest absolute Gasteiger partial charge is 0.343 e. The molecule has 268 valence electrons. The quantitative estimate of drug-likeness (QED) is 0.177. The standard InChI is InChI=1S/C36H36N2O13/c1-37-18-7-9-34-23-17(18)13-20(46-2)26(47-3)28(23)48-31(34)22-16(14-5-4-6-15(39)11-14)12-19-24(27(22)49-33(34)45)38-21-8-10-35(32(43)44)29(41)25(40)30(42)36(21,50-19)51-35/h4-6,8,10-13,18,21,25,29-31,33,37-42,45H,7,9H2,1-3H3,(H,43,44). The molecule has 9 rings (SSSR count). The van der Waals surface area contributed by atoms with Crippen LogP contribution in [0.3, 0.4) is 0 Å². The zero-order valence-corrected chi connectivity index (χ0v) is 27.6. The Morgan fingerprint density at radius 1 is 1.04 bits per heavy atom. The van der Waals surface area contributed by atoms with Crippen molar-refractivity contribution in [2.75, 3.05) is 26.6 Å². The van der Waals surface area contributed by atoms with Crippen molar-refractivity contribution < 1.29 is 63.9 Å². The molecule has 3 aromatic carbocycles. The van der Waals surface area contributed by atoms with E-state index < -0.39 is 59.5 Å². The summed E-state index contributed by atoms with van der Waals surface area (Å²) in [5, 5.41) is 72.6. The van der Waals surface area contributed by atoms with E-state index in [0.29, 0.717) is 46.8 Å². The van der Waals surface area contributed by atoms with Crippen LogP contribution in [0.4, 0.5) is 5.69 Å². The largest absolute Gasteiger partial charge is 0.508 e. The van der Waals surface area contributed by atoms with Crippen molar-refractivity contribution >= 4 is 11.7 Å². The number of benzene rings is 3. The molecule has 8 N–H and O–H groups in total. The molecular formula is C36H36N2O13. The van der Waals surface area contributed by atoms with E-state index in [0.717, 1.165) is 17.2 Å². The first kappa shape index (κ1) is 32.2. The maximum Gasteiger partial charge on any atom is 0.343 e. The Morgan fingerprint density at radius 3 is 2.55 bits per heavy atom. The van der Waals surface area contributed by atoms with Crippen LogP contribution in [0.1, 0.15) is 41.7 Å². The summed E-state index contributed by atoms with van der Waals surface area (Å²) in [4.78, 5) is 12.5. The SMILES string of the molecule is CNC1CCC23c4c1cc(OC)c(OC)c4OC2c1c(-c2cccc(O)c2)cc2c(c1OC3O)NC1C=CC3(C(=O)O)OC1(O2)C(O)C(O)C3O. The van der Waals surface area contributed by atoms with E-state index in [9.17, 15) is 35.4 Å². The number of methoxy groups -OCH3 is 2. The van der Waals surface area contributed by atoms with E-state index in [1.54, 1.807) is 18.2 Å². The third kappa shape index (κ3) is 3.85. The van der Waals surface area contributed by atoms with Crippen molar-refractivity contribution in [3.8, 4) is 45.6 Å². The highest BCUT2D eigenvalue weighted by atomic mass is 16.7.